The van der Waals surface area contributed by atoms with E-state index in [0.717, 1.165) is 22.2 Å². The van der Waals surface area contributed by atoms with E-state index in [-0.39, 0.29) is 5.56 Å². The zero-order chi connectivity index (χ0) is 16.7. The van der Waals surface area contributed by atoms with Crippen LogP contribution < -0.4 is 5.56 Å². The van der Waals surface area contributed by atoms with E-state index in [4.69, 9.17) is 11.6 Å². The van der Waals surface area contributed by atoms with Crippen molar-refractivity contribution in [2.75, 3.05) is 0 Å². The molecular formula is C18H13ClN4O. The zero-order valence-corrected chi connectivity index (χ0v) is 13.6. The lowest BCUT2D eigenvalue weighted by molar-refractivity contribution is 0.863. The molecule has 4 rings (SSSR count). The highest BCUT2D eigenvalue weighted by atomic mass is 35.5. The van der Waals surface area contributed by atoms with Gasteiger partial charge in [-0.1, -0.05) is 11.6 Å². The van der Waals surface area contributed by atoms with Gasteiger partial charge in [0.25, 0.3) is 5.56 Å². The van der Waals surface area contributed by atoms with Gasteiger partial charge in [-0.15, -0.1) is 0 Å². The summed E-state index contributed by atoms with van der Waals surface area (Å²) in [5.74, 6) is 0.531. The second kappa shape index (κ2) is 5.62. The van der Waals surface area contributed by atoms with E-state index < -0.39 is 0 Å². The van der Waals surface area contributed by atoms with Crippen molar-refractivity contribution in [2.45, 2.75) is 0 Å². The van der Waals surface area contributed by atoms with Gasteiger partial charge in [-0.2, -0.15) is 0 Å². The van der Waals surface area contributed by atoms with Crippen LogP contribution >= 0.6 is 11.6 Å². The van der Waals surface area contributed by atoms with Crippen molar-refractivity contribution in [3.05, 3.63) is 70.4 Å². The highest BCUT2D eigenvalue weighted by molar-refractivity contribution is 6.31. The molecule has 6 heteroatoms. The standard InChI is InChI=1S/C18H13ClN4O/c1-23-10-12(11-4-6-20-7-5-11)8-14(18(23)24)17-21-15-3-2-13(19)9-16(15)22-17/h2-10H,1H3,(H,21,22). The number of nitrogens with one attached hydrogen (secondary N) is 1. The Morgan fingerprint density at radius 1 is 1.08 bits per heavy atom. The van der Waals surface area contributed by atoms with Crippen LogP contribution in [0.2, 0.25) is 5.02 Å². The summed E-state index contributed by atoms with van der Waals surface area (Å²) in [6, 6.07) is 11.1. The van der Waals surface area contributed by atoms with E-state index in [1.807, 2.05) is 24.3 Å². The first-order chi connectivity index (χ1) is 11.6. The van der Waals surface area contributed by atoms with Crippen molar-refractivity contribution in [1.29, 1.82) is 0 Å². The monoisotopic (exact) mass is 336 g/mol. The Hall–Kier alpha value is -2.92. The molecule has 0 saturated carbocycles. The van der Waals surface area contributed by atoms with E-state index in [2.05, 4.69) is 15.0 Å². The fraction of sp³-hybridized carbons (Fsp3) is 0.0556. The van der Waals surface area contributed by atoms with Crippen molar-refractivity contribution in [3.63, 3.8) is 0 Å². The van der Waals surface area contributed by atoms with Crippen LogP contribution in [0.5, 0.6) is 0 Å². The minimum Gasteiger partial charge on any atom is -0.338 e. The summed E-state index contributed by atoms with van der Waals surface area (Å²) in [5.41, 5.74) is 3.88. The number of hydrogen-bond donors (Lipinski definition) is 1. The third-order valence-electron chi connectivity index (χ3n) is 3.90. The number of fused-ring (bicyclic) bond motifs is 1. The maximum atomic E-state index is 12.6. The van der Waals surface area contributed by atoms with Gasteiger partial charge in [0.1, 0.15) is 5.82 Å². The van der Waals surface area contributed by atoms with Crippen molar-refractivity contribution < 1.29 is 0 Å². The molecule has 0 aliphatic rings. The molecule has 4 aromatic rings. The smallest absolute Gasteiger partial charge is 0.261 e. The van der Waals surface area contributed by atoms with Crippen LogP contribution in [0.25, 0.3) is 33.5 Å². The van der Waals surface area contributed by atoms with Crippen molar-refractivity contribution in [3.8, 4) is 22.5 Å². The van der Waals surface area contributed by atoms with Gasteiger partial charge in [0, 0.05) is 30.7 Å². The molecule has 0 atom stereocenters. The van der Waals surface area contributed by atoms with E-state index in [0.29, 0.717) is 16.4 Å². The molecule has 24 heavy (non-hydrogen) atoms. The van der Waals surface area contributed by atoms with Gasteiger partial charge >= 0.3 is 0 Å². The molecule has 0 unspecified atom stereocenters. The number of halogens is 1. The van der Waals surface area contributed by atoms with Crippen LogP contribution in [-0.4, -0.2) is 19.5 Å². The van der Waals surface area contributed by atoms with Crippen LogP contribution in [0, 0.1) is 0 Å². The van der Waals surface area contributed by atoms with Gasteiger partial charge in [0.15, 0.2) is 0 Å². The molecule has 5 nitrogen and oxygen atoms in total. The third-order valence-corrected chi connectivity index (χ3v) is 4.13. The maximum absolute atomic E-state index is 12.6. The summed E-state index contributed by atoms with van der Waals surface area (Å²) in [7, 11) is 1.73. The quantitative estimate of drug-likeness (QED) is 0.607. The van der Waals surface area contributed by atoms with Crippen LogP contribution in [0.4, 0.5) is 0 Å². The largest absolute Gasteiger partial charge is 0.338 e. The summed E-state index contributed by atoms with van der Waals surface area (Å²) in [6.07, 6.45) is 5.26. The molecule has 1 N–H and O–H groups in total. The summed E-state index contributed by atoms with van der Waals surface area (Å²) >= 11 is 6.02. The molecule has 3 heterocycles. The second-order valence-electron chi connectivity index (χ2n) is 5.54. The van der Waals surface area contributed by atoms with Gasteiger partial charge in [0.2, 0.25) is 0 Å². The van der Waals surface area contributed by atoms with Gasteiger partial charge in [-0.05, 0) is 47.5 Å². The normalized spacial score (nSPS) is 11.1. The number of hydrogen-bond acceptors (Lipinski definition) is 3. The van der Waals surface area contributed by atoms with Crippen LogP contribution in [-0.2, 0) is 7.05 Å². The molecule has 0 saturated heterocycles. The topological polar surface area (TPSA) is 63.6 Å². The maximum Gasteiger partial charge on any atom is 0.261 e. The molecule has 0 amide bonds. The zero-order valence-electron chi connectivity index (χ0n) is 12.8. The Bertz CT molecular complexity index is 1100. The molecule has 1 aromatic carbocycles. The Kier molecular flexibility index (Phi) is 3.43. The number of rotatable bonds is 2. The molecule has 3 aromatic heterocycles. The van der Waals surface area contributed by atoms with E-state index in [1.165, 1.54) is 0 Å². The Balaban J connectivity index is 1.93. The molecule has 0 radical (unpaired) electrons. The molecule has 0 aliphatic heterocycles. The number of nitrogens with zero attached hydrogens (tertiary/aromatic N) is 3. The summed E-state index contributed by atoms with van der Waals surface area (Å²) in [6.45, 7) is 0. The number of aryl methyl sites for hydroxylation is 1. The number of benzene rings is 1. The van der Waals surface area contributed by atoms with Crippen LogP contribution in [0.3, 0.4) is 0 Å². The number of aromatic nitrogens is 4. The van der Waals surface area contributed by atoms with Gasteiger partial charge in [0.05, 0.1) is 16.6 Å². The highest BCUT2D eigenvalue weighted by Gasteiger charge is 2.13. The minimum absolute atomic E-state index is 0.113. The Morgan fingerprint density at radius 3 is 2.67 bits per heavy atom. The van der Waals surface area contributed by atoms with Crippen molar-refractivity contribution in [1.82, 2.24) is 19.5 Å². The van der Waals surface area contributed by atoms with Crippen molar-refractivity contribution >= 4 is 22.6 Å². The summed E-state index contributed by atoms with van der Waals surface area (Å²) in [5, 5.41) is 0.621. The average Bonchev–Trinajstić information content (AvgIpc) is 3.00. The lowest BCUT2D eigenvalue weighted by Crippen LogP contribution is -2.18. The summed E-state index contributed by atoms with van der Waals surface area (Å²) in [4.78, 5) is 24.3. The fourth-order valence-corrected chi connectivity index (χ4v) is 2.87. The molecule has 118 valence electrons. The first-order valence-electron chi connectivity index (χ1n) is 7.38. The molecule has 0 fully saturated rings. The second-order valence-corrected chi connectivity index (χ2v) is 5.98. The highest BCUT2D eigenvalue weighted by Crippen LogP contribution is 2.24. The van der Waals surface area contributed by atoms with Gasteiger partial charge in [-0.25, -0.2) is 4.98 Å². The molecule has 0 spiro atoms. The molecular weight excluding hydrogens is 324 g/mol. The number of pyridine rings is 2. The van der Waals surface area contributed by atoms with Gasteiger partial charge < -0.3 is 9.55 Å². The third kappa shape index (κ3) is 2.49. The Labute approximate surface area is 142 Å². The first-order valence-corrected chi connectivity index (χ1v) is 7.76. The molecule has 0 bridgehead atoms. The number of aromatic amines is 1. The Morgan fingerprint density at radius 2 is 1.88 bits per heavy atom. The van der Waals surface area contributed by atoms with E-state index in [9.17, 15) is 4.79 Å². The number of H-pyrrole nitrogens is 1. The van der Waals surface area contributed by atoms with E-state index >= 15 is 0 Å². The van der Waals surface area contributed by atoms with Crippen LogP contribution in [0.1, 0.15) is 0 Å². The fourth-order valence-electron chi connectivity index (χ4n) is 2.69. The SMILES string of the molecule is Cn1cc(-c2ccncc2)cc(-c2nc3ccc(Cl)cc3[nH]2)c1=O. The molecule has 0 aliphatic carbocycles. The van der Waals surface area contributed by atoms with Crippen molar-refractivity contribution in [2.24, 2.45) is 7.05 Å². The average molecular weight is 337 g/mol. The van der Waals surface area contributed by atoms with Gasteiger partial charge in [-0.3, -0.25) is 9.78 Å². The predicted molar refractivity (Wildman–Crippen MR) is 95.0 cm³/mol. The predicted octanol–water partition coefficient (Wildman–Crippen LogP) is 3.64. The lowest BCUT2D eigenvalue weighted by atomic mass is 10.1. The first kappa shape index (κ1) is 14.7. The van der Waals surface area contributed by atoms with E-state index in [1.54, 1.807) is 42.3 Å². The lowest BCUT2D eigenvalue weighted by Gasteiger charge is -2.07. The minimum atomic E-state index is -0.113. The summed E-state index contributed by atoms with van der Waals surface area (Å²) < 4.78 is 1.56. The number of imidazole rings is 1. The van der Waals surface area contributed by atoms with Crippen LogP contribution in [0.15, 0.2) is 59.8 Å².